The van der Waals surface area contributed by atoms with Crippen LogP contribution in [-0.4, -0.2) is 0 Å². The first-order chi connectivity index (χ1) is 28.7. The van der Waals surface area contributed by atoms with Crippen LogP contribution in [0.15, 0.2) is 241 Å². The third-order valence-electron chi connectivity index (χ3n) is 10.9. The molecule has 58 heavy (non-hydrogen) atoms. The van der Waals surface area contributed by atoms with Crippen molar-refractivity contribution in [3.8, 4) is 67.0 Å². The lowest BCUT2D eigenvalue weighted by Crippen LogP contribution is -2.09. The Balaban J connectivity index is 1.01. The molecule has 0 radical (unpaired) electrons. The van der Waals surface area contributed by atoms with E-state index in [1.165, 1.54) is 33.4 Å². The van der Waals surface area contributed by atoms with E-state index in [-0.39, 0.29) is 0 Å². The number of furan rings is 1. The van der Waals surface area contributed by atoms with Crippen molar-refractivity contribution < 1.29 is 4.42 Å². The van der Waals surface area contributed by atoms with Gasteiger partial charge in [-0.3, -0.25) is 0 Å². The molecule has 0 bridgehead atoms. The Kier molecular flexibility index (Phi) is 9.27. The standard InChI is InChI=1S/C56H39NO/c1-4-14-40(15-5-1)43-26-32-50(33-27-43)57(51-34-28-44(29-35-51)41-16-6-2-7-17-41)52-36-30-45(31-37-52)47-21-13-23-49(39-47)56-55(53-24-10-11-25-54(53)58-56)48-22-12-20-46(38-48)42-18-8-3-9-19-42/h1-39H. The predicted octanol–water partition coefficient (Wildman–Crippen LogP) is 15.9. The number of nitrogens with zero attached hydrogens (tertiary/aromatic N) is 1. The topological polar surface area (TPSA) is 16.4 Å². The minimum absolute atomic E-state index is 0.869. The minimum Gasteiger partial charge on any atom is -0.455 e. The van der Waals surface area contributed by atoms with E-state index >= 15 is 0 Å². The summed E-state index contributed by atoms with van der Waals surface area (Å²) in [6.07, 6.45) is 0. The molecule has 0 N–H and O–H groups in total. The van der Waals surface area contributed by atoms with Gasteiger partial charge in [-0.25, -0.2) is 0 Å². The van der Waals surface area contributed by atoms with Crippen LogP contribution in [0.5, 0.6) is 0 Å². The second kappa shape index (κ2) is 15.5. The van der Waals surface area contributed by atoms with Gasteiger partial charge in [-0.05, 0) is 105 Å². The molecule has 9 aromatic carbocycles. The summed E-state index contributed by atoms with van der Waals surface area (Å²) in [7, 11) is 0. The van der Waals surface area contributed by atoms with Crippen LogP contribution in [0.25, 0.3) is 77.9 Å². The molecule has 10 rings (SSSR count). The Morgan fingerprint density at radius 1 is 0.259 bits per heavy atom. The molecule has 0 saturated carbocycles. The van der Waals surface area contributed by atoms with Crippen LogP contribution in [0, 0.1) is 0 Å². The van der Waals surface area contributed by atoms with E-state index in [4.69, 9.17) is 4.42 Å². The molecule has 0 aliphatic carbocycles. The zero-order valence-electron chi connectivity index (χ0n) is 31.9. The van der Waals surface area contributed by atoms with Gasteiger partial charge in [0, 0.05) is 33.6 Å². The van der Waals surface area contributed by atoms with Crippen LogP contribution in [0.4, 0.5) is 17.1 Å². The van der Waals surface area contributed by atoms with Crippen LogP contribution in [-0.2, 0) is 0 Å². The van der Waals surface area contributed by atoms with Crippen molar-refractivity contribution in [2.75, 3.05) is 4.90 Å². The van der Waals surface area contributed by atoms with E-state index < -0.39 is 0 Å². The average Bonchev–Trinajstić information content (AvgIpc) is 3.71. The molecule has 2 heteroatoms. The zero-order chi connectivity index (χ0) is 38.7. The molecular formula is C56H39NO. The van der Waals surface area contributed by atoms with Crippen molar-refractivity contribution in [3.05, 3.63) is 237 Å². The van der Waals surface area contributed by atoms with Gasteiger partial charge in [0.05, 0.1) is 0 Å². The Hall–Kier alpha value is -7.68. The van der Waals surface area contributed by atoms with E-state index in [9.17, 15) is 0 Å². The monoisotopic (exact) mass is 741 g/mol. The average molecular weight is 742 g/mol. The quantitative estimate of drug-likeness (QED) is 0.146. The number of para-hydroxylation sites is 1. The maximum absolute atomic E-state index is 6.69. The lowest BCUT2D eigenvalue weighted by atomic mass is 9.94. The highest BCUT2D eigenvalue weighted by molar-refractivity contribution is 6.02. The number of hydrogen-bond acceptors (Lipinski definition) is 2. The van der Waals surface area contributed by atoms with Crippen LogP contribution in [0.1, 0.15) is 0 Å². The van der Waals surface area contributed by atoms with E-state index in [1.807, 2.05) is 6.07 Å². The summed E-state index contributed by atoms with van der Waals surface area (Å²) in [4.78, 5) is 2.33. The fraction of sp³-hybridized carbons (Fsp3) is 0. The Bertz CT molecular complexity index is 2870. The first-order valence-electron chi connectivity index (χ1n) is 19.7. The van der Waals surface area contributed by atoms with E-state index in [0.29, 0.717) is 0 Å². The molecule has 0 amide bonds. The van der Waals surface area contributed by atoms with Crippen LogP contribution >= 0.6 is 0 Å². The molecule has 0 saturated heterocycles. The number of benzene rings is 9. The first-order valence-corrected chi connectivity index (χ1v) is 19.7. The summed E-state index contributed by atoms with van der Waals surface area (Å²) in [5.74, 6) is 0.869. The number of rotatable bonds is 9. The van der Waals surface area contributed by atoms with Crippen LogP contribution in [0.2, 0.25) is 0 Å². The smallest absolute Gasteiger partial charge is 0.143 e. The van der Waals surface area contributed by atoms with Gasteiger partial charge in [0.2, 0.25) is 0 Å². The molecule has 0 fully saturated rings. The van der Waals surface area contributed by atoms with Crippen molar-refractivity contribution in [3.63, 3.8) is 0 Å². The molecule has 274 valence electrons. The van der Waals surface area contributed by atoms with Crippen molar-refractivity contribution in [1.29, 1.82) is 0 Å². The lowest BCUT2D eigenvalue weighted by molar-refractivity contribution is 0.632. The zero-order valence-corrected chi connectivity index (χ0v) is 31.9. The molecule has 1 heterocycles. The maximum atomic E-state index is 6.69. The maximum Gasteiger partial charge on any atom is 0.143 e. The minimum atomic E-state index is 0.869. The van der Waals surface area contributed by atoms with Gasteiger partial charge in [0.25, 0.3) is 0 Å². The highest BCUT2D eigenvalue weighted by Gasteiger charge is 2.19. The second-order valence-corrected chi connectivity index (χ2v) is 14.5. The SMILES string of the molecule is c1ccc(-c2ccc(N(c3ccc(-c4ccccc4)cc3)c3ccc(-c4cccc(-c5oc6ccccc6c5-c5cccc(-c6ccccc6)c5)c4)cc3)cc2)cc1. The predicted molar refractivity (Wildman–Crippen MR) is 244 cm³/mol. The number of hydrogen-bond donors (Lipinski definition) is 0. The summed E-state index contributed by atoms with van der Waals surface area (Å²) < 4.78 is 6.69. The molecular weight excluding hydrogens is 703 g/mol. The Morgan fingerprint density at radius 3 is 1.10 bits per heavy atom. The van der Waals surface area contributed by atoms with Gasteiger partial charge in [-0.2, -0.15) is 0 Å². The van der Waals surface area contributed by atoms with Crippen LogP contribution in [0.3, 0.4) is 0 Å². The fourth-order valence-corrected chi connectivity index (χ4v) is 7.98. The number of anilines is 3. The van der Waals surface area contributed by atoms with Crippen molar-refractivity contribution in [2.24, 2.45) is 0 Å². The molecule has 1 aromatic heterocycles. The third-order valence-corrected chi connectivity index (χ3v) is 10.9. The fourth-order valence-electron chi connectivity index (χ4n) is 7.98. The molecule has 0 aliphatic rings. The van der Waals surface area contributed by atoms with E-state index in [0.717, 1.165) is 61.6 Å². The molecule has 0 atom stereocenters. The summed E-state index contributed by atoms with van der Waals surface area (Å²) in [6.45, 7) is 0. The second-order valence-electron chi connectivity index (χ2n) is 14.5. The van der Waals surface area contributed by atoms with Gasteiger partial charge in [0.15, 0.2) is 0 Å². The van der Waals surface area contributed by atoms with Crippen molar-refractivity contribution in [2.45, 2.75) is 0 Å². The Morgan fingerprint density at radius 2 is 0.603 bits per heavy atom. The normalized spacial score (nSPS) is 11.1. The third kappa shape index (κ3) is 6.89. The lowest BCUT2D eigenvalue weighted by Gasteiger charge is -2.26. The van der Waals surface area contributed by atoms with Gasteiger partial charge in [-0.15, -0.1) is 0 Å². The molecule has 0 aliphatic heterocycles. The van der Waals surface area contributed by atoms with Crippen molar-refractivity contribution >= 4 is 28.0 Å². The van der Waals surface area contributed by atoms with E-state index in [2.05, 4.69) is 235 Å². The van der Waals surface area contributed by atoms with Crippen LogP contribution < -0.4 is 4.90 Å². The molecule has 0 unspecified atom stereocenters. The largest absolute Gasteiger partial charge is 0.455 e. The summed E-state index contributed by atoms with van der Waals surface area (Å²) >= 11 is 0. The van der Waals surface area contributed by atoms with Crippen molar-refractivity contribution in [1.82, 2.24) is 0 Å². The highest BCUT2D eigenvalue weighted by atomic mass is 16.3. The van der Waals surface area contributed by atoms with Gasteiger partial charge in [-0.1, -0.05) is 182 Å². The van der Waals surface area contributed by atoms with Gasteiger partial charge < -0.3 is 9.32 Å². The first kappa shape index (κ1) is 34.8. The van der Waals surface area contributed by atoms with E-state index in [1.54, 1.807) is 0 Å². The summed E-state index contributed by atoms with van der Waals surface area (Å²) in [6, 6.07) is 84.0. The highest BCUT2D eigenvalue weighted by Crippen LogP contribution is 2.43. The molecule has 10 aromatic rings. The summed E-state index contributed by atoms with van der Waals surface area (Å²) in [5, 5.41) is 1.10. The number of fused-ring (bicyclic) bond motifs is 1. The van der Waals surface area contributed by atoms with Gasteiger partial charge >= 0.3 is 0 Å². The Labute approximate surface area is 339 Å². The summed E-state index contributed by atoms with van der Waals surface area (Å²) in [5.41, 5.74) is 16.8. The molecule has 0 spiro atoms. The van der Waals surface area contributed by atoms with Gasteiger partial charge in [0.1, 0.15) is 11.3 Å². The molecule has 2 nitrogen and oxygen atoms in total.